The number of nitrogens with zero attached hydrogens (tertiary/aromatic N) is 3. The van der Waals surface area contributed by atoms with E-state index in [9.17, 15) is 5.11 Å². The zero-order valence-electron chi connectivity index (χ0n) is 40.3. The van der Waals surface area contributed by atoms with Crippen LogP contribution in [0.1, 0.15) is 103 Å². The van der Waals surface area contributed by atoms with Crippen molar-refractivity contribution in [3.8, 4) is 78.6 Å². The third-order valence-electron chi connectivity index (χ3n) is 12.9. The maximum atomic E-state index is 12.3. The first-order chi connectivity index (χ1) is 31.5. The molecule has 9 aromatic rings. The molecule has 0 aliphatic carbocycles. The summed E-state index contributed by atoms with van der Waals surface area (Å²) < 4.78 is 2.27. The Kier molecular flexibility index (Phi) is 13.2. The van der Waals surface area contributed by atoms with Crippen LogP contribution >= 0.6 is 0 Å². The molecule has 0 fully saturated rings. The van der Waals surface area contributed by atoms with Gasteiger partial charge in [0.05, 0.1) is 16.6 Å². The van der Waals surface area contributed by atoms with E-state index in [0.29, 0.717) is 5.82 Å². The Morgan fingerprint density at radius 1 is 0.522 bits per heavy atom. The Labute approximate surface area is 412 Å². The van der Waals surface area contributed by atoms with E-state index in [0.717, 1.165) is 78.0 Å². The number of pyridine rings is 1. The Morgan fingerprint density at radius 3 is 1.72 bits per heavy atom. The van der Waals surface area contributed by atoms with Crippen molar-refractivity contribution in [2.45, 2.75) is 91.9 Å². The van der Waals surface area contributed by atoms with Crippen molar-refractivity contribution in [1.82, 2.24) is 14.5 Å². The summed E-state index contributed by atoms with van der Waals surface area (Å²) in [5.41, 5.74) is 18.2. The molecule has 9 rings (SSSR count). The van der Waals surface area contributed by atoms with Crippen LogP contribution in [-0.2, 0) is 31.9 Å². The second-order valence-corrected chi connectivity index (χ2v) is 20.5. The van der Waals surface area contributed by atoms with E-state index in [1.807, 2.05) is 12.3 Å². The molecular weight excluding hydrogens is 998 g/mol. The fourth-order valence-electron chi connectivity index (χ4n) is 8.88. The molecule has 67 heavy (non-hydrogen) atoms. The maximum absolute atomic E-state index is 12.3. The zero-order chi connectivity index (χ0) is 46.5. The van der Waals surface area contributed by atoms with Gasteiger partial charge in [0.1, 0.15) is 11.6 Å². The van der Waals surface area contributed by atoms with Crippen molar-refractivity contribution in [3.63, 3.8) is 0 Å². The summed E-state index contributed by atoms with van der Waals surface area (Å²) in [5.74, 6) is 1.33. The number of aromatic hydroxyl groups is 1. The van der Waals surface area contributed by atoms with Crippen molar-refractivity contribution in [3.05, 3.63) is 192 Å². The monoisotopic (exact) mass is 1060 g/mol. The smallest absolute Gasteiger partial charge is 0.148 e. The van der Waals surface area contributed by atoms with Gasteiger partial charge in [-0.05, 0) is 103 Å². The van der Waals surface area contributed by atoms with Gasteiger partial charge in [-0.3, -0.25) is 9.55 Å². The quantitative estimate of drug-likeness (QED) is 0.147. The first kappa shape index (κ1) is 47.2. The van der Waals surface area contributed by atoms with Crippen LogP contribution < -0.4 is 0 Å². The summed E-state index contributed by atoms with van der Waals surface area (Å²) in [4.78, 5) is 10.6. The molecule has 0 unspecified atom stereocenters. The van der Waals surface area contributed by atoms with Crippen molar-refractivity contribution in [1.29, 1.82) is 0 Å². The van der Waals surface area contributed by atoms with Gasteiger partial charge in [-0.2, -0.15) is 0 Å². The fraction of sp³-hybridized carbons (Fsp3) is 0.226. The summed E-state index contributed by atoms with van der Waals surface area (Å²) in [6.07, 6.45) is 1.90. The third-order valence-corrected chi connectivity index (χ3v) is 12.9. The number of imidazole rings is 1. The number of phenolic OH excluding ortho intramolecular Hbond substituents is 1. The molecule has 1 N–H and O–H groups in total. The molecule has 0 atom stereocenters. The second kappa shape index (κ2) is 18.7. The number of aromatic nitrogens is 3. The number of hydrogen-bond acceptors (Lipinski definition) is 3. The van der Waals surface area contributed by atoms with Crippen molar-refractivity contribution >= 4 is 11.0 Å². The van der Waals surface area contributed by atoms with E-state index in [-0.39, 0.29) is 49.5 Å². The molecule has 0 spiro atoms. The topological polar surface area (TPSA) is 50.9 Å². The number of para-hydroxylation sites is 1. The summed E-state index contributed by atoms with van der Waals surface area (Å²) >= 11 is 0. The Hall–Kier alpha value is -6.35. The summed E-state index contributed by atoms with van der Waals surface area (Å²) in [6, 6.07) is 60.1. The van der Waals surface area contributed by atoms with E-state index in [4.69, 9.17) is 9.97 Å². The van der Waals surface area contributed by atoms with Crippen molar-refractivity contribution in [2.75, 3.05) is 0 Å². The van der Waals surface area contributed by atoms with Crippen LogP contribution in [0, 0.1) is 6.07 Å². The van der Waals surface area contributed by atoms with E-state index in [2.05, 4.69) is 232 Å². The molecule has 2 aromatic heterocycles. The van der Waals surface area contributed by atoms with Gasteiger partial charge in [0.15, 0.2) is 0 Å². The van der Waals surface area contributed by atoms with Crippen LogP contribution in [0.15, 0.2) is 164 Å². The molecule has 0 aliphatic rings. The van der Waals surface area contributed by atoms with Gasteiger partial charge in [-0.25, -0.2) is 4.98 Å². The van der Waals surface area contributed by atoms with Crippen molar-refractivity contribution < 1.29 is 26.2 Å². The largest absolute Gasteiger partial charge is 0.507 e. The van der Waals surface area contributed by atoms with Gasteiger partial charge in [0, 0.05) is 38.6 Å². The van der Waals surface area contributed by atoms with Gasteiger partial charge in [0.2, 0.25) is 0 Å². The number of fused-ring (bicyclic) bond motifs is 1. The Balaban J connectivity index is 0.00000608. The number of phenols is 1. The third kappa shape index (κ3) is 9.61. The van der Waals surface area contributed by atoms with Crippen LogP contribution in [0.5, 0.6) is 5.75 Å². The minimum absolute atomic E-state index is 0. The SMILES string of the molecule is CC(C)c1cc(-c2nc3c(-c4[c-]c(-c5cc(-c6ccc(-c7ccccc7)cc6)ccn5)cc(C(C)(C)C)c4)cccc3n2-c2cc(-c3ccccc3)cc(C(C)(C)C)c2)c(O)c(C(C)C)c1.[Pt]. The molecular formula is C62H60N3OPt-. The first-order valence-corrected chi connectivity index (χ1v) is 23.3. The number of benzene rings is 7. The van der Waals surface area contributed by atoms with E-state index in [1.165, 1.54) is 22.3 Å². The Morgan fingerprint density at radius 2 is 1.10 bits per heavy atom. The molecule has 5 heteroatoms. The summed E-state index contributed by atoms with van der Waals surface area (Å²) in [6.45, 7) is 22.3. The average molecular weight is 1060 g/mol. The molecule has 0 amide bonds. The first-order valence-electron chi connectivity index (χ1n) is 23.3. The molecule has 0 saturated heterocycles. The molecule has 0 saturated carbocycles. The van der Waals surface area contributed by atoms with Gasteiger partial charge >= 0.3 is 0 Å². The number of rotatable bonds is 9. The van der Waals surface area contributed by atoms with Crippen LogP contribution in [0.3, 0.4) is 0 Å². The van der Waals surface area contributed by atoms with Gasteiger partial charge in [-0.15, -0.1) is 29.3 Å². The van der Waals surface area contributed by atoms with Crippen molar-refractivity contribution in [2.24, 2.45) is 0 Å². The predicted octanol–water partition coefficient (Wildman–Crippen LogP) is 16.8. The predicted molar refractivity (Wildman–Crippen MR) is 278 cm³/mol. The zero-order valence-corrected chi connectivity index (χ0v) is 42.6. The van der Waals surface area contributed by atoms with Crippen LogP contribution in [0.25, 0.3) is 83.9 Å². The standard InChI is InChI=1S/C62H60N3O.Pt/c1-39(2)46-35-54(40(3)4)59(66)55(36-46)60-64-58-53(22-17-23-57(58)65(60)52-34-47(42-20-15-12-16-21-42)31-51(38-52)62(8,9)10)48-30-49(33-50(32-48)61(5,6)7)56-37-45(28-29-63-56)44-26-24-43(25-27-44)41-18-13-11-14-19-41;/h11-29,31-40,66H,1-10H3;/q-1;. The van der Waals surface area contributed by atoms with Crippen LogP contribution in [0.2, 0.25) is 0 Å². The maximum Gasteiger partial charge on any atom is 0.148 e. The summed E-state index contributed by atoms with van der Waals surface area (Å²) in [7, 11) is 0. The molecule has 7 aromatic carbocycles. The second-order valence-electron chi connectivity index (χ2n) is 20.5. The normalized spacial score (nSPS) is 11.9. The van der Waals surface area contributed by atoms with Crippen LogP contribution in [-0.4, -0.2) is 19.6 Å². The summed E-state index contributed by atoms with van der Waals surface area (Å²) in [5, 5.41) is 12.3. The van der Waals surface area contributed by atoms with Gasteiger partial charge in [-0.1, -0.05) is 196 Å². The molecule has 4 nitrogen and oxygen atoms in total. The van der Waals surface area contributed by atoms with Gasteiger partial charge < -0.3 is 5.11 Å². The molecule has 0 radical (unpaired) electrons. The molecule has 0 aliphatic heterocycles. The Bertz CT molecular complexity index is 3200. The average Bonchev–Trinajstić information content (AvgIpc) is 3.71. The van der Waals surface area contributed by atoms with E-state index >= 15 is 0 Å². The minimum Gasteiger partial charge on any atom is -0.507 e. The van der Waals surface area contributed by atoms with E-state index < -0.39 is 0 Å². The molecule has 2 heterocycles. The molecule has 340 valence electrons. The molecule has 0 bridgehead atoms. The van der Waals surface area contributed by atoms with E-state index in [1.54, 1.807) is 0 Å². The number of hydrogen-bond donors (Lipinski definition) is 1. The van der Waals surface area contributed by atoms with Crippen LogP contribution in [0.4, 0.5) is 0 Å². The fourth-order valence-corrected chi connectivity index (χ4v) is 8.88. The minimum atomic E-state index is -0.167. The van der Waals surface area contributed by atoms with Gasteiger partial charge in [0.25, 0.3) is 0 Å².